The second-order valence-corrected chi connectivity index (χ2v) is 62.3. The highest BCUT2D eigenvalue weighted by molar-refractivity contribution is 7.87. The van der Waals surface area contributed by atoms with Crippen molar-refractivity contribution in [1.82, 2.24) is 31.6 Å². The highest BCUT2D eigenvalue weighted by atomic mass is 32.3. The number of amides is 1. The van der Waals surface area contributed by atoms with Crippen LogP contribution >= 0.6 is 0 Å². The minimum Gasteiger partial charge on any atom is -0.392 e. The summed E-state index contributed by atoms with van der Waals surface area (Å²) in [7, 11) is -34.1. The number of aromatic nitrogens is 1. The number of rotatable bonds is 54. The lowest BCUT2D eigenvalue weighted by atomic mass is 9.43. The topological polar surface area (TPSA) is 629 Å². The minimum absolute atomic E-state index is 0.0379. The summed E-state index contributed by atoms with van der Waals surface area (Å²) in [5.74, 6) is 5.86. The molecule has 0 radical (unpaired) electrons. The highest BCUT2D eigenvalue weighted by Gasteiger charge is 2.60. The van der Waals surface area contributed by atoms with Crippen molar-refractivity contribution in [3.05, 3.63) is 35.5 Å². The number of aromatic amines is 1. The van der Waals surface area contributed by atoms with Crippen LogP contribution in [-0.2, 0) is 109 Å². The maximum absolute atomic E-state index is 11.0. The number of aliphatic hydroxyl groups is 1. The van der Waals surface area contributed by atoms with Gasteiger partial charge in [-0.25, -0.2) is 0 Å². The Morgan fingerprint density at radius 1 is 0.419 bits per heavy atom. The molecule has 3 unspecified atom stereocenters. The molecule has 14 aliphatic rings. The fraction of sp³-hybridized carbons (Fsp3) is 0.913. The van der Waals surface area contributed by atoms with E-state index in [-0.39, 0.29) is 98.3 Å². The Hall–Kier alpha value is -2.82. The molecule has 1 aromatic heterocycles. The molecule has 14 fully saturated rings. The lowest BCUT2D eigenvalue weighted by Crippen LogP contribution is -2.64. The van der Waals surface area contributed by atoms with Crippen molar-refractivity contribution in [2.45, 2.75) is 420 Å². The summed E-state index contributed by atoms with van der Waals surface area (Å²) < 4.78 is 267. The van der Waals surface area contributed by atoms with Gasteiger partial charge in [-0.2, -0.15) is 75.8 Å². The number of nitrogens with two attached hydrogens (primary N) is 1. The number of benzene rings is 1. The zero-order valence-corrected chi connectivity index (χ0v) is 98.4. The van der Waals surface area contributed by atoms with Gasteiger partial charge in [-0.05, 0) is 396 Å². The number of aryl methyl sites for hydroxylation is 1. The Bertz CT molecular complexity index is 5240. The molecule has 148 heavy (non-hydrogen) atoms. The van der Waals surface area contributed by atoms with Gasteiger partial charge in [-0.15, -0.1) is 0 Å². The molecule has 870 valence electrons. The predicted molar refractivity (Wildman–Crippen MR) is 589 cm³/mol. The van der Waals surface area contributed by atoms with E-state index in [1.807, 2.05) is 45.2 Å². The zero-order chi connectivity index (χ0) is 111. The average molecular weight is 2280 g/mol. The van der Waals surface area contributed by atoms with Gasteiger partial charge >= 0.3 is 0 Å². The highest BCUT2D eigenvalue weighted by Crippen LogP contribution is 2.67. The van der Waals surface area contributed by atoms with Crippen molar-refractivity contribution in [2.75, 3.05) is 91.0 Å². The second-order valence-electron chi connectivity index (χ2n) is 48.1. The molecule has 0 saturated heterocycles. The molecule has 12 bridgehead atoms. The SMILES string of the molecule is CC(C)[C@H](CCCCS(=O)(=O)O)C(N)=O.CC(CCCCS(=O)(=O)O)C12CC3CC(CC(C3)C1)C2.CC1(NCCCS(=O)(=O)O)CCCC1.CC1(NCCCS(=O)(=O)O)CCCCC1.CC12CC3CC(C)(C1)CC(NCCCS(=O)(=O)O)(C3)C2.CCC(C)(CC)NCCCS(=O)(=O)O.CCNCCCS(=O)(=O)O.O=S(=O)(O)CCCCCC12CC3CC(CC(C3)C1)C2.O=S(=O)(O)CCCCCCc1c[nH]c2ccc(CO)cc12. The van der Waals surface area contributed by atoms with Crippen molar-refractivity contribution in [3.8, 4) is 0 Å². The minimum atomic E-state index is -3.88. The third-order valence-electron chi connectivity index (χ3n) is 33.5. The van der Waals surface area contributed by atoms with Gasteiger partial charge in [-0.1, -0.05) is 139 Å². The van der Waals surface area contributed by atoms with Crippen LogP contribution in [0.5, 0.6) is 0 Å². The number of nitrogens with one attached hydrogen (secondary N) is 6. The van der Waals surface area contributed by atoms with Crippen molar-refractivity contribution >= 4 is 108 Å². The fourth-order valence-corrected chi connectivity index (χ4v) is 32.2. The largest absolute Gasteiger partial charge is 0.392 e. The van der Waals surface area contributed by atoms with Crippen molar-refractivity contribution < 1.29 is 127 Å². The number of unbranched alkanes of at least 4 members (excludes halogenated alkanes) is 7. The molecule has 1 heterocycles. The smallest absolute Gasteiger partial charge is 0.264 e. The summed E-state index contributed by atoms with van der Waals surface area (Å²) in [6, 6.07) is 5.87. The van der Waals surface area contributed by atoms with Crippen LogP contribution in [0.15, 0.2) is 24.4 Å². The molecule has 2 aromatic rings. The summed E-state index contributed by atoms with van der Waals surface area (Å²) in [6.45, 7) is 27.8. The second kappa shape index (κ2) is 61.5. The monoisotopic (exact) mass is 2280 g/mol. The van der Waals surface area contributed by atoms with Crippen LogP contribution in [0.2, 0.25) is 0 Å². The predicted octanol–water partition coefficient (Wildman–Crippen LogP) is 17.7. The first-order valence-electron chi connectivity index (χ1n) is 55.1. The van der Waals surface area contributed by atoms with Gasteiger partial charge in [-0.3, -0.25) is 45.8 Å². The fourth-order valence-electron chi connectivity index (χ4n) is 27.4. The number of carbonyl (C=O) groups is 1. The number of primary amides is 1. The van der Waals surface area contributed by atoms with Crippen LogP contribution in [-0.4, -0.2) is 246 Å². The van der Waals surface area contributed by atoms with Gasteiger partial charge in [0.25, 0.3) is 91.1 Å². The van der Waals surface area contributed by atoms with Crippen molar-refractivity contribution in [3.63, 3.8) is 0 Å². The van der Waals surface area contributed by atoms with Crippen LogP contribution in [0.3, 0.4) is 0 Å². The Labute approximate surface area is 892 Å². The number of fused-ring (bicyclic) bond motifs is 1. The zero-order valence-electron chi connectivity index (χ0n) is 91.0. The molecule has 16 rings (SSSR count). The van der Waals surface area contributed by atoms with Gasteiger partial charge in [0, 0.05) is 45.2 Å². The summed E-state index contributed by atoms with van der Waals surface area (Å²) >= 11 is 0. The lowest BCUT2D eigenvalue weighted by Gasteiger charge is -2.65. The van der Waals surface area contributed by atoms with Gasteiger partial charge in [0.1, 0.15) is 0 Å². The van der Waals surface area contributed by atoms with E-state index in [9.17, 15) is 85.7 Å². The summed E-state index contributed by atoms with van der Waals surface area (Å²) in [5.41, 5.74) is 11.2. The van der Waals surface area contributed by atoms with Gasteiger partial charge in [0.2, 0.25) is 5.91 Å². The molecule has 14 saturated carbocycles. The van der Waals surface area contributed by atoms with E-state index in [0.29, 0.717) is 125 Å². The first kappa shape index (κ1) is 136. The molecule has 1 aromatic carbocycles. The molecule has 0 spiro atoms. The van der Waals surface area contributed by atoms with Crippen LogP contribution in [0.4, 0.5) is 0 Å². The number of carbonyl (C=O) groups excluding carboxylic acids is 1. The maximum atomic E-state index is 11.0. The molecule has 4 atom stereocenters. The van der Waals surface area contributed by atoms with E-state index < -0.39 is 91.1 Å². The number of aliphatic hydroxyl groups excluding tert-OH is 1. The molecule has 36 nitrogen and oxygen atoms in total. The van der Waals surface area contributed by atoms with Crippen LogP contribution in [0.25, 0.3) is 10.9 Å². The van der Waals surface area contributed by atoms with Crippen molar-refractivity contribution in [2.24, 2.45) is 86.6 Å². The van der Waals surface area contributed by atoms with Crippen LogP contribution < -0.4 is 32.3 Å². The molecule has 14 aliphatic carbocycles. The van der Waals surface area contributed by atoms with Crippen LogP contribution in [0.1, 0.15) is 395 Å². The Kier molecular flexibility index (Phi) is 56.4. The van der Waals surface area contributed by atoms with Crippen molar-refractivity contribution in [1.29, 1.82) is 0 Å². The first-order valence-corrected chi connectivity index (χ1v) is 69.6. The lowest BCUT2D eigenvalue weighted by molar-refractivity contribution is -0.123. The third kappa shape index (κ3) is 56.6. The first-order chi connectivity index (χ1) is 68.4. The number of H-pyrrole nitrogens is 1. The molecule has 0 aliphatic heterocycles. The van der Waals surface area contributed by atoms with Gasteiger partial charge in [0.15, 0.2) is 0 Å². The quantitative estimate of drug-likeness (QED) is 0.0216. The Morgan fingerprint density at radius 2 is 0.777 bits per heavy atom. The van der Waals surface area contributed by atoms with Gasteiger partial charge in [0.05, 0.1) is 58.4 Å². The Morgan fingerprint density at radius 3 is 1.16 bits per heavy atom. The van der Waals surface area contributed by atoms with E-state index in [4.69, 9.17) is 46.7 Å². The van der Waals surface area contributed by atoms with Crippen LogP contribution in [0, 0.1) is 80.8 Å². The van der Waals surface area contributed by atoms with E-state index in [0.717, 1.165) is 135 Å². The van der Waals surface area contributed by atoms with E-state index in [1.165, 1.54) is 185 Å². The normalized spacial score (nSPS) is 26.5. The summed E-state index contributed by atoms with van der Waals surface area (Å²) in [5, 5.41) is 27.0. The standard InChI is InChI=1S/C16H28O3S.C15H21NO4S.C15H27NO3S.C15H26O3S.C10H21NO3S.C9H19NO4S.C9H19NO3S.C9H21NO3S.C5H13NO3S/c1-12(4-2-3-5-20(17,18)19)16-9-13-6-14(10-16)8-15(7-13)11-16;17-11-12-6-7-15-14(9-12)13(10-16-15)5-3-1-2-4-8-21(18,19)20;1-13-6-12-7-14(2,9-13)11-15(8-12,10-13)16-4-3-5-20(17,18)19;16-19(17,18)5-3-1-2-4-15-9-12-6-13(10-15)8-14(7-12)11-15;1-10(6-3-2-4-7-10)11-8-5-9-15(12,13)14;1-7(2)8(9(10)11)5-3-4-6-15(12,13)14;1-9(5-2-3-6-9)10-7-4-8-14(11,12)13;1-4-9(3,5-2)10-7-6-8-14(11,12)13;1-2-6-4-3-5-10(7,8)9/h12-15H,2-11H2,1H3,(H,17,18,19);6-7,9-10,16-17H,1-5,8,11H2,(H,18,19,20);12,16H,3-11H2,1-2H3,(H,17,18,19);12-14H,1-11H2,(H,16,17,18);11H,2-9H2,1H3,(H,12,13,14);7-8H,3-6H2,1-2H3,(H2,10,11)(H,12,13,14);10H,2-8H2,1H3,(H,11,12,13);10H,4-8H2,1-3H3,(H,11,12,13);6H,2-5H2,1H3,(H,7,8,9)/t;;;;;8-;;;/m.....0.../s1. The molecular weight excluding hydrogens is 2090 g/mol. The Balaban J connectivity index is 0.000000295. The maximum Gasteiger partial charge on any atom is 0.264 e. The molecule has 1 amide bonds. The summed E-state index contributed by atoms with van der Waals surface area (Å²) in [4.78, 5) is 14.2. The van der Waals surface area contributed by atoms with Gasteiger partial charge < -0.3 is 42.4 Å². The van der Waals surface area contributed by atoms with E-state index in [2.05, 4.69) is 87.0 Å². The summed E-state index contributed by atoms with van der Waals surface area (Å²) in [6.07, 6.45) is 55.0. The molecular formula is C103H195N7O29S9. The number of hydrogen-bond acceptors (Lipinski definition) is 25. The van der Waals surface area contributed by atoms with E-state index in [1.54, 1.807) is 0 Å². The average Bonchev–Trinajstić information content (AvgIpc) is 1.43. The molecule has 45 heteroatoms. The molecule has 18 N–H and O–H groups in total. The van der Waals surface area contributed by atoms with E-state index >= 15 is 0 Å². The number of hydrogen-bond donors (Lipinski definition) is 17. The third-order valence-corrected chi connectivity index (χ3v) is 40.7.